The highest BCUT2D eigenvalue weighted by Gasteiger charge is 2.35. The molecule has 0 saturated carbocycles. The van der Waals surface area contributed by atoms with E-state index in [0.717, 1.165) is 12.4 Å². The number of phenols is 6. The van der Waals surface area contributed by atoms with E-state index in [0.29, 0.717) is 55.8 Å². The minimum Gasteiger partial charge on any atom is -0.507 e. The highest BCUT2D eigenvalue weighted by molar-refractivity contribution is 6.54. The summed E-state index contributed by atoms with van der Waals surface area (Å²) >= 11 is 0. The molecular weight excluding hydrogens is 793 g/mol. The van der Waals surface area contributed by atoms with Crippen LogP contribution in [0.25, 0.3) is 32.7 Å². The average Bonchev–Trinajstić information content (AvgIpc) is 3.61. The molecule has 0 aliphatic carbocycles. The number of nitrogens with zero attached hydrogens (tertiary/aromatic N) is 8. The molecule has 0 fully saturated rings. The highest BCUT2D eigenvalue weighted by atomic mass is 16.3. The molecule has 314 valence electrons. The zero-order valence-electron chi connectivity index (χ0n) is 35.0. The normalized spacial score (nSPS) is 15.4. The van der Waals surface area contributed by atoms with Gasteiger partial charge >= 0.3 is 0 Å². The number of aryl methyl sites for hydroxylation is 2. The zero-order valence-corrected chi connectivity index (χ0v) is 35.0. The fourth-order valence-electron chi connectivity index (χ4n) is 8.54. The summed E-state index contributed by atoms with van der Waals surface area (Å²) in [5, 5.41) is 88.4. The van der Waals surface area contributed by atoms with Crippen molar-refractivity contribution >= 4 is 68.8 Å². The molecule has 2 aliphatic rings. The van der Waals surface area contributed by atoms with Crippen LogP contribution in [0.1, 0.15) is 84.0 Å². The fraction of sp³-hybridized carbons (Fsp3) is 0.217. The first-order chi connectivity index (χ1) is 29.5. The van der Waals surface area contributed by atoms with Crippen molar-refractivity contribution in [3.8, 4) is 45.6 Å². The van der Waals surface area contributed by atoms with Crippen molar-refractivity contribution in [3.63, 3.8) is 0 Å². The number of likely N-dealkylation sites (N-methyl/N-ethyl adjacent to an activating group) is 2. The summed E-state index contributed by atoms with van der Waals surface area (Å²) in [5.74, 6) is -3.63. The molecule has 4 aromatic carbocycles. The van der Waals surface area contributed by atoms with Gasteiger partial charge in [0.1, 0.15) is 23.1 Å². The number of pyridine rings is 2. The van der Waals surface area contributed by atoms with Gasteiger partial charge in [-0.3, -0.25) is 19.4 Å². The van der Waals surface area contributed by atoms with Crippen LogP contribution in [0.4, 0.5) is 11.6 Å². The number of benzene rings is 4. The average molecular weight is 835 g/mol. The van der Waals surface area contributed by atoms with Gasteiger partial charge in [0.2, 0.25) is 0 Å². The van der Waals surface area contributed by atoms with Gasteiger partial charge in [0.15, 0.2) is 34.4 Å². The van der Waals surface area contributed by atoms with Crippen LogP contribution < -0.4 is 9.80 Å². The predicted octanol–water partition coefficient (Wildman–Crippen LogP) is 7.15. The number of anilines is 2. The van der Waals surface area contributed by atoms with E-state index in [9.17, 15) is 40.2 Å². The standard InChI is InChI=1S/C46H42N8O8/c1-19(2)29-25-15-21(5)31(39(57)33(25)27(37(55)41(29)59)17-49-51-35-23-11-9-13-47-43(23)53(7)45(35)61)32-22(6)16-26-30(20(3)4)42(60)38(56)28(34(26)40(32)58)18-50-52-36-24-12-10-14-48-44(24)54(8)46(36)62/h9-20,55-60H,1-8H3/b49-17+,50-18+,51-35-,52-36+. The number of aromatic nitrogens is 2. The summed E-state index contributed by atoms with van der Waals surface area (Å²) in [5.41, 5.74) is 2.58. The van der Waals surface area contributed by atoms with Crippen LogP contribution in [-0.2, 0) is 9.59 Å². The lowest BCUT2D eigenvalue weighted by Crippen LogP contribution is -2.25. The van der Waals surface area contributed by atoms with Crippen molar-refractivity contribution in [2.75, 3.05) is 23.9 Å². The molecule has 8 rings (SSSR count). The number of hydrogen-bond donors (Lipinski definition) is 6. The second kappa shape index (κ2) is 15.0. The van der Waals surface area contributed by atoms with Gasteiger partial charge in [-0.25, -0.2) is 9.97 Å². The molecule has 16 heteroatoms. The number of fused-ring (bicyclic) bond motifs is 4. The molecule has 62 heavy (non-hydrogen) atoms. The maximum atomic E-state index is 13.1. The summed E-state index contributed by atoms with van der Waals surface area (Å²) < 4.78 is 0. The van der Waals surface area contributed by atoms with Gasteiger partial charge in [-0.2, -0.15) is 10.2 Å². The molecule has 4 heterocycles. The maximum Gasteiger partial charge on any atom is 0.280 e. The molecule has 2 aliphatic heterocycles. The van der Waals surface area contributed by atoms with Crippen molar-refractivity contribution in [1.82, 2.24) is 9.97 Å². The fourth-order valence-corrected chi connectivity index (χ4v) is 8.54. The number of rotatable bonds is 7. The van der Waals surface area contributed by atoms with Gasteiger partial charge in [-0.05, 0) is 71.8 Å². The van der Waals surface area contributed by atoms with E-state index in [1.165, 1.54) is 9.80 Å². The van der Waals surface area contributed by atoms with E-state index in [1.807, 2.05) is 27.7 Å². The Balaban J connectivity index is 1.37. The first kappa shape index (κ1) is 40.9. The molecule has 0 atom stereocenters. The minimum atomic E-state index is -0.598. The second-order valence-corrected chi connectivity index (χ2v) is 15.9. The molecule has 0 saturated heterocycles. The molecule has 0 spiro atoms. The van der Waals surface area contributed by atoms with Crippen molar-refractivity contribution in [2.24, 2.45) is 20.4 Å². The Morgan fingerprint density at radius 2 is 0.952 bits per heavy atom. The van der Waals surface area contributed by atoms with Gasteiger partial charge in [0.05, 0.1) is 34.7 Å². The predicted molar refractivity (Wildman–Crippen MR) is 238 cm³/mol. The van der Waals surface area contributed by atoms with Crippen molar-refractivity contribution in [1.29, 1.82) is 0 Å². The third-order valence-corrected chi connectivity index (χ3v) is 11.4. The van der Waals surface area contributed by atoms with Crippen LogP contribution in [0.2, 0.25) is 0 Å². The van der Waals surface area contributed by atoms with Crippen LogP contribution in [0.3, 0.4) is 0 Å². The lowest BCUT2D eigenvalue weighted by atomic mass is 9.83. The van der Waals surface area contributed by atoms with E-state index in [2.05, 4.69) is 30.4 Å². The molecule has 0 radical (unpaired) electrons. The monoisotopic (exact) mass is 834 g/mol. The molecule has 16 nitrogen and oxygen atoms in total. The summed E-state index contributed by atoms with van der Waals surface area (Å²) in [6.45, 7) is 10.7. The second-order valence-electron chi connectivity index (χ2n) is 15.9. The summed E-state index contributed by atoms with van der Waals surface area (Å²) in [7, 11) is 3.11. The molecule has 0 unspecified atom stereocenters. The summed E-state index contributed by atoms with van der Waals surface area (Å²) in [4.78, 5) is 37.3. The topological polar surface area (TPSA) is 237 Å². The van der Waals surface area contributed by atoms with E-state index in [1.54, 1.807) is 76.7 Å². The highest BCUT2D eigenvalue weighted by Crippen LogP contribution is 2.54. The Kier molecular flexibility index (Phi) is 9.88. The van der Waals surface area contributed by atoms with Gasteiger partial charge in [0.25, 0.3) is 11.8 Å². The molecule has 2 amide bonds. The summed E-state index contributed by atoms with van der Waals surface area (Å²) in [6, 6.07) is 10.1. The first-order valence-electron chi connectivity index (χ1n) is 19.6. The van der Waals surface area contributed by atoms with Crippen molar-refractivity contribution < 1.29 is 40.2 Å². The maximum absolute atomic E-state index is 13.1. The smallest absolute Gasteiger partial charge is 0.280 e. The zero-order chi connectivity index (χ0) is 44.6. The number of hydrogen-bond acceptors (Lipinski definition) is 14. The Bertz CT molecular complexity index is 2890. The molecule has 6 N–H and O–H groups in total. The molecule has 0 bridgehead atoms. The lowest BCUT2D eigenvalue weighted by Gasteiger charge is -2.23. The van der Waals surface area contributed by atoms with Crippen LogP contribution in [0.15, 0.2) is 69.2 Å². The van der Waals surface area contributed by atoms with Crippen LogP contribution in [0, 0.1) is 13.8 Å². The number of phenolic OH excluding ortho intramolecular Hbond substituents is 6. The molecular formula is C46H42N8O8. The van der Waals surface area contributed by atoms with Crippen LogP contribution in [0.5, 0.6) is 34.5 Å². The Hall–Kier alpha value is -7.88. The quantitative estimate of drug-likeness (QED) is 0.0540. The van der Waals surface area contributed by atoms with Crippen molar-refractivity contribution in [2.45, 2.75) is 53.4 Å². The third kappa shape index (κ3) is 6.04. The Labute approximate surface area is 354 Å². The van der Waals surface area contributed by atoms with E-state index >= 15 is 0 Å². The van der Waals surface area contributed by atoms with Gasteiger partial charge in [0, 0.05) is 59.5 Å². The van der Waals surface area contributed by atoms with E-state index in [-0.39, 0.29) is 67.8 Å². The number of carbonyl (C=O) groups is 2. The van der Waals surface area contributed by atoms with E-state index in [4.69, 9.17) is 0 Å². The molecule has 2 aromatic heterocycles. The molecule has 6 aromatic rings. The SMILES string of the molecule is Cc1cc2c(C(C)C)c(O)c(O)c(/C=N/N=C3\C(=O)N(C)c4ncccc43)c2c(O)c1-c1c(C)cc2c(C(C)C)c(O)c(O)c(/C=N/N=C3/C(=O)N(C)c4ncccc43)c2c1O. The van der Waals surface area contributed by atoms with Crippen molar-refractivity contribution in [3.05, 3.63) is 93.3 Å². The Morgan fingerprint density at radius 1 is 0.581 bits per heavy atom. The van der Waals surface area contributed by atoms with Gasteiger partial charge in [-0.15, -0.1) is 10.2 Å². The lowest BCUT2D eigenvalue weighted by molar-refractivity contribution is -0.112. The first-order valence-corrected chi connectivity index (χ1v) is 19.6. The minimum absolute atomic E-state index is 0.000861. The number of aromatic hydroxyl groups is 6. The Morgan fingerprint density at radius 3 is 1.31 bits per heavy atom. The largest absolute Gasteiger partial charge is 0.507 e. The number of carbonyl (C=O) groups excluding carboxylic acids is 2. The number of amides is 2. The van der Waals surface area contributed by atoms with Gasteiger partial charge < -0.3 is 30.6 Å². The van der Waals surface area contributed by atoms with Crippen LogP contribution in [-0.4, -0.2) is 90.4 Å². The van der Waals surface area contributed by atoms with Gasteiger partial charge in [-0.1, -0.05) is 39.8 Å². The van der Waals surface area contributed by atoms with E-state index < -0.39 is 34.8 Å². The third-order valence-electron chi connectivity index (χ3n) is 11.4. The summed E-state index contributed by atoms with van der Waals surface area (Å²) in [6.07, 6.45) is 5.36. The van der Waals surface area contributed by atoms with Crippen LogP contribution >= 0.6 is 0 Å².